The summed E-state index contributed by atoms with van der Waals surface area (Å²) in [6, 6.07) is 7.36. The molecule has 136 valence electrons. The maximum Gasteiger partial charge on any atom is 0.251 e. The van der Waals surface area contributed by atoms with Crippen molar-refractivity contribution >= 4 is 17.5 Å². The Morgan fingerprint density at radius 1 is 1.35 bits per heavy atom. The molecule has 7 heteroatoms. The van der Waals surface area contributed by atoms with Crippen LogP contribution in [0.5, 0.6) is 0 Å². The minimum atomic E-state index is -0.216. The highest BCUT2D eigenvalue weighted by Gasteiger charge is 2.25. The number of rotatable bonds is 6. The SMILES string of the molecule is C=CC(=O)NCc1ccc(C(=O)NC2CCN(c3cnn(C)c3)C2)cc1. The standard InChI is InChI=1S/C19H23N5O2/c1-3-18(25)20-10-14-4-6-15(7-5-14)19(26)22-16-8-9-24(12-16)17-11-21-23(2)13-17/h3-7,11,13,16H,1,8-10,12H2,2H3,(H,20,25)(H,22,26). The summed E-state index contributed by atoms with van der Waals surface area (Å²) in [5.41, 5.74) is 2.62. The summed E-state index contributed by atoms with van der Waals surface area (Å²) in [6.07, 6.45) is 5.96. The zero-order chi connectivity index (χ0) is 18.5. The second-order valence-corrected chi connectivity index (χ2v) is 6.40. The minimum absolute atomic E-state index is 0.0790. The van der Waals surface area contributed by atoms with Gasteiger partial charge in [0.05, 0.1) is 11.9 Å². The molecular formula is C19H23N5O2. The Balaban J connectivity index is 1.52. The molecule has 1 aliphatic heterocycles. The first-order valence-electron chi connectivity index (χ1n) is 8.59. The largest absolute Gasteiger partial charge is 0.367 e. The normalized spacial score (nSPS) is 16.3. The zero-order valence-electron chi connectivity index (χ0n) is 14.8. The van der Waals surface area contributed by atoms with Gasteiger partial charge in [-0.2, -0.15) is 5.10 Å². The van der Waals surface area contributed by atoms with E-state index in [1.54, 1.807) is 16.8 Å². The Hall–Kier alpha value is -3.09. The van der Waals surface area contributed by atoms with Crippen molar-refractivity contribution in [1.29, 1.82) is 0 Å². The number of carbonyl (C=O) groups excluding carboxylic acids is 2. The number of aromatic nitrogens is 2. The van der Waals surface area contributed by atoms with Crippen LogP contribution in [0.3, 0.4) is 0 Å². The van der Waals surface area contributed by atoms with Gasteiger partial charge in [-0.05, 0) is 30.2 Å². The lowest BCUT2D eigenvalue weighted by Crippen LogP contribution is -2.37. The van der Waals surface area contributed by atoms with E-state index in [9.17, 15) is 9.59 Å². The van der Waals surface area contributed by atoms with E-state index in [0.29, 0.717) is 12.1 Å². The van der Waals surface area contributed by atoms with Crippen molar-refractivity contribution < 1.29 is 9.59 Å². The number of carbonyl (C=O) groups is 2. The molecule has 1 aromatic carbocycles. The first-order valence-corrected chi connectivity index (χ1v) is 8.59. The topological polar surface area (TPSA) is 79.3 Å². The summed E-state index contributed by atoms with van der Waals surface area (Å²) >= 11 is 0. The van der Waals surface area contributed by atoms with Crippen LogP contribution in [0, 0.1) is 0 Å². The highest BCUT2D eigenvalue weighted by Crippen LogP contribution is 2.19. The van der Waals surface area contributed by atoms with Crippen LogP contribution in [-0.2, 0) is 18.4 Å². The van der Waals surface area contributed by atoms with Crippen molar-refractivity contribution in [2.24, 2.45) is 7.05 Å². The van der Waals surface area contributed by atoms with E-state index in [0.717, 1.165) is 30.8 Å². The smallest absolute Gasteiger partial charge is 0.251 e. The maximum atomic E-state index is 12.4. The summed E-state index contributed by atoms with van der Waals surface area (Å²) < 4.78 is 1.78. The average Bonchev–Trinajstić information content (AvgIpc) is 3.29. The maximum absolute atomic E-state index is 12.4. The van der Waals surface area contributed by atoms with Crippen LogP contribution in [0.15, 0.2) is 49.3 Å². The van der Waals surface area contributed by atoms with Crippen LogP contribution in [0.1, 0.15) is 22.3 Å². The molecule has 0 saturated carbocycles. The van der Waals surface area contributed by atoms with Crippen molar-refractivity contribution in [2.45, 2.75) is 19.0 Å². The molecule has 7 nitrogen and oxygen atoms in total. The second kappa shape index (κ2) is 7.86. The molecule has 0 spiro atoms. The molecule has 3 rings (SSSR count). The van der Waals surface area contributed by atoms with Crippen LogP contribution >= 0.6 is 0 Å². The monoisotopic (exact) mass is 353 g/mol. The first kappa shape index (κ1) is 17.7. The summed E-state index contributed by atoms with van der Waals surface area (Å²) in [4.78, 5) is 25.8. The first-order chi connectivity index (χ1) is 12.5. The van der Waals surface area contributed by atoms with E-state index in [1.807, 2.05) is 31.6 Å². The Kier molecular flexibility index (Phi) is 5.36. The molecule has 1 aromatic heterocycles. The lowest BCUT2D eigenvalue weighted by Gasteiger charge is -2.17. The number of aryl methyl sites for hydroxylation is 1. The van der Waals surface area contributed by atoms with E-state index in [2.05, 4.69) is 27.2 Å². The predicted octanol–water partition coefficient (Wildman–Crippen LogP) is 1.23. The van der Waals surface area contributed by atoms with Gasteiger partial charge in [0.2, 0.25) is 5.91 Å². The summed E-state index contributed by atoms with van der Waals surface area (Å²) in [7, 11) is 1.89. The third-order valence-corrected chi connectivity index (χ3v) is 4.45. The average molecular weight is 353 g/mol. The molecule has 2 heterocycles. The van der Waals surface area contributed by atoms with Gasteiger partial charge in [-0.15, -0.1) is 0 Å². The van der Waals surface area contributed by atoms with Gasteiger partial charge < -0.3 is 15.5 Å². The number of anilines is 1. The number of nitrogens with one attached hydrogen (secondary N) is 2. The second-order valence-electron chi connectivity index (χ2n) is 6.40. The van der Waals surface area contributed by atoms with E-state index >= 15 is 0 Å². The van der Waals surface area contributed by atoms with Gasteiger partial charge in [0.25, 0.3) is 5.91 Å². The predicted molar refractivity (Wildman–Crippen MR) is 99.8 cm³/mol. The molecule has 1 unspecified atom stereocenters. The lowest BCUT2D eigenvalue weighted by molar-refractivity contribution is -0.116. The Labute approximate surface area is 152 Å². The van der Waals surface area contributed by atoms with Crippen molar-refractivity contribution in [3.63, 3.8) is 0 Å². The highest BCUT2D eigenvalue weighted by molar-refractivity contribution is 5.94. The molecule has 2 amide bonds. The molecule has 0 bridgehead atoms. The van der Waals surface area contributed by atoms with Crippen molar-refractivity contribution in [2.75, 3.05) is 18.0 Å². The highest BCUT2D eigenvalue weighted by atomic mass is 16.2. The van der Waals surface area contributed by atoms with Gasteiger partial charge >= 0.3 is 0 Å². The molecule has 0 aliphatic carbocycles. The fraction of sp³-hybridized carbons (Fsp3) is 0.316. The van der Waals surface area contributed by atoms with Gasteiger partial charge in [-0.1, -0.05) is 18.7 Å². The van der Waals surface area contributed by atoms with E-state index in [4.69, 9.17) is 0 Å². The third kappa shape index (κ3) is 4.30. The third-order valence-electron chi connectivity index (χ3n) is 4.45. The summed E-state index contributed by atoms with van der Waals surface area (Å²) in [5, 5.41) is 9.99. The Morgan fingerprint density at radius 3 is 2.77 bits per heavy atom. The molecule has 2 aromatic rings. The Bertz CT molecular complexity index is 797. The van der Waals surface area contributed by atoms with Gasteiger partial charge in [0.15, 0.2) is 0 Å². The fourth-order valence-electron chi connectivity index (χ4n) is 2.99. The van der Waals surface area contributed by atoms with Crippen molar-refractivity contribution in [3.05, 3.63) is 60.4 Å². The van der Waals surface area contributed by atoms with Crippen LogP contribution in [0.4, 0.5) is 5.69 Å². The molecule has 1 aliphatic rings. The van der Waals surface area contributed by atoms with Gasteiger partial charge in [-0.3, -0.25) is 14.3 Å². The van der Waals surface area contributed by atoms with Crippen molar-refractivity contribution in [3.8, 4) is 0 Å². The summed E-state index contributed by atoms with van der Waals surface area (Å²) in [6.45, 7) is 5.51. The van der Waals surface area contributed by atoms with E-state index in [-0.39, 0.29) is 17.9 Å². The molecule has 2 N–H and O–H groups in total. The molecule has 1 atom stereocenters. The molecular weight excluding hydrogens is 330 g/mol. The number of nitrogens with zero attached hydrogens (tertiary/aromatic N) is 3. The number of amides is 2. The number of hydrogen-bond donors (Lipinski definition) is 2. The minimum Gasteiger partial charge on any atom is -0.367 e. The Morgan fingerprint density at radius 2 is 2.12 bits per heavy atom. The van der Waals surface area contributed by atoms with Crippen molar-refractivity contribution in [1.82, 2.24) is 20.4 Å². The van der Waals surface area contributed by atoms with Crippen LogP contribution in [0.25, 0.3) is 0 Å². The van der Waals surface area contributed by atoms with Crippen LogP contribution < -0.4 is 15.5 Å². The fourth-order valence-corrected chi connectivity index (χ4v) is 2.99. The number of benzene rings is 1. The molecule has 26 heavy (non-hydrogen) atoms. The quantitative estimate of drug-likeness (QED) is 0.766. The van der Waals surface area contributed by atoms with Crippen LogP contribution in [-0.4, -0.2) is 40.7 Å². The van der Waals surface area contributed by atoms with E-state index in [1.165, 1.54) is 6.08 Å². The van der Waals surface area contributed by atoms with Gasteiger partial charge in [-0.25, -0.2) is 0 Å². The summed E-state index contributed by atoms with van der Waals surface area (Å²) in [5.74, 6) is -0.295. The van der Waals surface area contributed by atoms with Gasteiger partial charge in [0, 0.05) is 44.5 Å². The molecule has 0 radical (unpaired) electrons. The molecule has 1 saturated heterocycles. The number of hydrogen-bond acceptors (Lipinski definition) is 4. The van der Waals surface area contributed by atoms with Gasteiger partial charge in [0.1, 0.15) is 0 Å². The van der Waals surface area contributed by atoms with Crippen LogP contribution in [0.2, 0.25) is 0 Å². The lowest BCUT2D eigenvalue weighted by atomic mass is 10.1. The zero-order valence-corrected chi connectivity index (χ0v) is 14.8. The molecule has 1 fully saturated rings. The van der Waals surface area contributed by atoms with E-state index < -0.39 is 0 Å².